The van der Waals surface area contributed by atoms with E-state index >= 15 is 0 Å². The number of hydrogen-bond acceptors (Lipinski definition) is 5. The van der Waals surface area contributed by atoms with Crippen LogP contribution in [-0.2, 0) is 11.3 Å². The SMILES string of the molecule is Cc1cc(C(=O)NCC2(N3CCOCC3)CCCCC2)cc(C)c1OCc1cccnc1. The van der Waals surface area contributed by atoms with Gasteiger partial charge in [0.25, 0.3) is 5.91 Å². The topological polar surface area (TPSA) is 63.7 Å². The molecule has 4 rings (SSSR count). The highest BCUT2D eigenvalue weighted by Crippen LogP contribution is 2.34. The van der Waals surface area contributed by atoms with Crippen LogP contribution in [0.5, 0.6) is 5.75 Å². The molecule has 0 unspecified atom stereocenters. The number of aromatic nitrogens is 1. The number of amides is 1. The summed E-state index contributed by atoms with van der Waals surface area (Å²) in [6.07, 6.45) is 9.60. The molecule has 2 aromatic rings. The van der Waals surface area contributed by atoms with Gasteiger partial charge in [0.2, 0.25) is 0 Å². The fourth-order valence-corrected chi connectivity index (χ4v) is 5.15. The second-order valence-electron chi connectivity index (χ2n) is 9.16. The van der Waals surface area contributed by atoms with E-state index in [2.05, 4.69) is 15.2 Å². The van der Waals surface area contributed by atoms with Gasteiger partial charge in [0.1, 0.15) is 12.4 Å². The van der Waals surface area contributed by atoms with E-state index in [1.165, 1.54) is 19.3 Å². The Morgan fingerprint density at radius 2 is 1.88 bits per heavy atom. The van der Waals surface area contributed by atoms with Gasteiger partial charge in [0, 0.05) is 48.7 Å². The zero-order valence-corrected chi connectivity index (χ0v) is 19.4. The Bertz CT molecular complexity index is 881. The van der Waals surface area contributed by atoms with Crippen molar-refractivity contribution in [2.24, 2.45) is 0 Å². The molecule has 2 aliphatic rings. The second kappa shape index (κ2) is 10.5. The standard InChI is InChI=1S/C26H35N3O3/c1-20-15-23(16-21(2)24(20)32-18-22-7-6-10-27-17-22)25(30)28-19-26(8-4-3-5-9-26)29-11-13-31-14-12-29/h6-7,10,15-17H,3-5,8-9,11-14,18-19H2,1-2H3,(H,28,30). The number of benzene rings is 1. The van der Waals surface area contributed by atoms with Gasteiger partial charge in [-0.3, -0.25) is 14.7 Å². The van der Waals surface area contributed by atoms with Gasteiger partial charge in [0.15, 0.2) is 0 Å². The molecule has 1 aromatic heterocycles. The molecule has 1 N–H and O–H groups in total. The second-order valence-corrected chi connectivity index (χ2v) is 9.16. The summed E-state index contributed by atoms with van der Waals surface area (Å²) in [5.74, 6) is 0.829. The molecule has 6 nitrogen and oxygen atoms in total. The lowest BCUT2D eigenvalue weighted by Gasteiger charge is -2.48. The average Bonchev–Trinajstić information content (AvgIpc) is 2.84. The van der Waals surface area contributed by atoms with E-state index in [1.807, 2.05) is 44.3 Å². The van der Waals surface area contributed by atoms with Crippen LogP contribution in [0.1, 0.15) is 59.2 Å². The third-order valence-corrected chi connectivity index (χ3v) is 6.87. The Labute approximate surface area is 191 Å². The summed E-state index contributed by atoms with van der Waals surface area (Å²) >= 11 is 0. The third-order valence-electron chi connectivity index (χ3n) is 6.87. The number of aryl methyl sites for hydroxylation is 2. The van der Waals surface area contributed by atoms with E-state index < -0.39 is 0 Å². The van der Waals surface area contributed by atoms with Crippen molar-refractivity contribution in [2.45, 2.75) is 58.1 Å². The molecule has 32 heavy (non-hydrogen) atoms. The minimum absolute atomic E-state index is 0.00628. The van der Waals surface area contributed by atoms with E-state index in [0.717, 1.165) is 61.6 Å². The summed E-state index contributed by atoms with van der Waals surface area (Å²) in [6, 6.07) is 7.77. The summed E-state index contributed by atoms with van der Waals surface area (Å²) in [5.41, 5.74) is 3.73. The maximum absolute atomic E-state index is 13.1. The first-order chi connectivity index (χ1) is 15.6. The molecule has 1 saturated heterocycles. The molecule has 0 radical (unpaired) electrons. The molecule has 1 aliphatic carbocycles. The van der Waals surface area contributed by atoms with Crippen LogP contribution in [-0.4, -0.2) is 54.2 Å². The third kappa shape index (κ3) is 5.30. The van der Waals surface area contributed by atoms with Crippen molar-refractivity contribution in [2.75, 3.05) is 32.8 Å². The number of ether oxygens (including phenoxy) is 2. The number of carbonyl (C=O) groups excluding carboxylic acids is 1. The first-order valence-electron chi connectivity index (χ1n) is 11.8. The molecule has 0 spiro atoms. The van der Waals surface area contributed by atoms with Crippen LogP contribution in [0.25, 0.3) is 0 Å². The van der Waals surface area contributed by atoms with E-state index in [0.29, 0.717) is 18.7 Å². The van der Waals surface area contributed by atoms with Crippen LogP contribution in [0.15, 0.2) is 36.7 Å². The van der Waals surface area contributed by atoms with E-state index in [-0.39, 0.29) is 11.4 Å². The number of morpholine rings is 1. The van der Waals surface area contributed by atoms with Gasteiger partial charge in [-0.1, -0.05) is 25.3 Å². The summed E-state index contributed by atoms with van der Waals surface area (Å²) in [4.78, 5) is 19.8. The highest BCUT2D eigenvalue weighted by atomic mass is 16.5. The fourth-order valence-electron chi connectivity index (χ4n) is 5.15. The largest absolute Gasteiger partial charge is 0.488 e. The maximum Gasteiger partial charge on any atom is 0.251 e. The smallest absolute Gasteiger partial charge is 0.251 e. The quantitative estimate of drug-likeness (QED) is 0.708. The number of pyridine rings is 1. The van der Waals surface area contributed by atoms with Gasteiger partial charge in [-0.15, -0.1) is 0 Å². The van der Waals surface area contributed by atoms with Gasteiger partial charge >= 0.3 is 0 Å². The normalized spacial score (nSPS) is 18.8. The Balaban J connectivity index is 1.42. The summed E-state index contributed by atoms with van der Waals surface area (Å²) < 4.78 is 11.6. The van der Waals surface area contributed by atoms with Crippen LogP contribution in [0.3, 0.4) is 0 Å². The van der Waals surface area contributed by atoms with Crippen molar-refractivity contribution in [1.29, 1.82) is 0 Å². The van der Waals surface area contributed by atoms with Crippen molar-refractivity contribution in [3.8, 4) is 5.75 Å². The number of carbonyl (C=O) groups is 1. The Hall–Kier alpha value is -2.44. The van der Waals surface area contributed by atoms with Gasteiger partial charge in [-0.05, 0) is 56.0 Å². The molecule has 1 saturated carbocycles. The molecule has 2 fully saturated rings. The molecule has 6 heteroatoms. The van der Waals surface area contributed by atoms with Crippen molar-refractivity contribution >= 4 is 5.91 Å². The summed E-state index contributed by atoms with van der Waals surface area (Å²) in [7, 11) is 0. The van der Waals surface area contributed by atoms with Gasteiger partial charge in [0.05, 0.1) is 13.2 Å². The monoisotopic (exact) mass is 437 g/mol. The number of hydrogen-bond donors (Lipinski definition) is 1. The van der Waals surface area contributed by atoms with Crippen molar-refractivity contribution in [3.05, 3.63) is 58.9 Å². The fraction of sp³-hybridized carbons (Fsp3) is 0.538. The predicted octanol–water partition coefficient (Wildman–Crippen LogP) is 4.04. The van der Waals surface area contributed by atoms with E-state index in [9.17, 15) is 4.79 Å². The first kappa shape index (κ1) is 22.7. The molecular formula is C26H35N3O3. The minimum atomic E-state index is -0.00628. The van der Waals surface area contributed by atoms with E-state index in [4.69, 9.17) is 9.47 Å². The Kier molecular flexibility index (Phi) is 7.43. The molecule has 1 amide bonds. The van der Waals surface area contributed by atoms with Gasteiger partial charge in [-0.2, -0.15) is 0 Å². The van der Waals surface area contributed by atoms with Gasteiger partial charge < -0.3 is 14.8 Å². The predicted molar refractivity (Wildman–Crippen MR) is 125 cm³/mol. The highest BCUT2D eigenvalue weighted by molar-refractivity contribution is 5.95. The lowest BCUT2D eigenvalue weighted by atomic mass is 9.79. The lowest BCUT2D eigenvalue weighted by Crippen LogP contribution is -2.59. The summed E-state index contributed by atoms with van der Waals surface area (Å²) in [5, 5.41) is 3.27. The number of nitrogens with one attached hydrogen (secondary N) is 1. The van der Waals surface area contributed by atoms with Crippen molar-refractivity contribution in [3.63, 3.8) is 0 Å². The Morgan fingerprint density at radius 1 is 1.16 bits per heavy atom. The maximum atomic E-state index is 13.1. The van der Waals surface area contributed by atoms with Crippen LogP contribution in [0, 0.1) is 13.8 Å². The average molecular weight is 438 g/mol. The molecule has 0 atom stereocenters. The number of nitrogens with zero attached hydrogens (tertiary/aromatic N) is 2. The zero-order chi connectivity index (χ0) is 22.4. The van der Waals surface area contributed by atoms with Crippen LogP contribution in [0.4, 0.5) is 0 Å². The van der Waals surface area contributed by atoms with E-state index in [1.54, 1.807) is 6.20 Å². The first-order valence-corrected chi connectivity index (χ1v) is 11.8. The van der Waals surface area contributed by atoms with Crippen molar-refractivity contribution < 1.29 is 14.3 Å². The molecule has 172 valence electrons. The van der Waals surface area contributed by atoms with Crippen LogP contribution < -0.4 is 10.1 Å². The van der Waals surface area contributed by atoms with Crippen LogP contribution in [0.2, 0.25) is 0 Å². The van der Waals surface area contributed by atoms with Crippen molar-refractivity contribution in [1.82, 2.24) is 15.2 Å². The number of rotatable bonds is 7. The molecular weight excluding hydrogens is 402 g/mol. The Morgan fingerprint density at radius 3 is 2.53 bits per heavy atom. The molecule has 1 aliphatic heterocycles. The molecule has 2 heterocycles. The highest BCUT2D eigenvalue weighted by Gasteiger charge is 2.38. The molecule has 1 aromatic carbocycles. The lowest BCUT2D eigenvalue weighted by molar-refractivity contribution is -0.0361. The molecule has 0 bridgehead atoms. The summed E-state index contributed by atoms with van der Waals surface area (Å²) in [6.45, 7) is 8.64. The minimum Gasteiger partial charge on any atom is -0.488 e. The van der Waals surface area contributed by atoms with Gasteiger partial charge in [-0.25, -0.2) is 0 Å². The van der Waals surface area contributed by atoms with Crippen LogP contribution >= 0.6 is 0 Å². The zero-order valence-electron chi connectivity index (χ0n) is 19.4.